The molecule has 1 aromatic rings. The van der Waals surface area contributed by atoms with Crippen molar-refractivity contribution in [3.8, 4) is 5.75 Å². The Balaban J connectivity index is 1.80. The van der Waals surface area contributed by atoms with E-state index < -0.39 is 29.5 Å². The summed E-state index contributed by atoms with van der Waals surface area (Å²) in [5.41, 5.74) is -0.204. The van der Waals surface area contributed by atoms with Crippen LogP contribution in [0.5, 0.6) is 5.75 Å². The van der Waals surface area contributed by atoms with Crippen molar-refractivity contribution in [2.75, 3.05) is 12.0 Å². The molecule has 0 aromatic heterocycles. The molecule has 3 aliphatic rings. The van der Waals surface area contributed by atoms with Gasteiger partial charge in [-0.1, -0.05) is 18.2 Å². The van der Waals surface area contributed by atoms with Gasteiger partial charge in [0, 0.05) is 5.69 Å². The second-order valence-electron chi connectivity index (χ2n) is 6.58. The normalized spacial score (nSPS) is 35.1. The minimum Gasteiger partial charge on any atom is -0.497 e. The Labute approximate surface area is 145 Å². The van der Waals surface area contributed by atoms with Crippen LogP contribution in [0, 0.1) is 11.8 Å². The van der Waals surface area contributed by atoms with Gasteiger partial charge in [0.15, 0.2) is 0 Å². The van der Waals surface area contributed by atoms with E-state index in [4.69, 9.17) is 9.47 Å². The summed E-state index contributed by atoms with van der Waals surface area (Å²) in [6.07, 6.45) is 5.35. The first-order chi connectivity index (χ1) is 12.0. The van der Waals surface area contributed by atoms with Crippen molar-refractivity contribution in [3.05, 3.63) is 49.1 Å². The molecule has 4 rings (SSSR count). The number of rotatable bonds is 5. The van der Waals surface area contributed by atoms with E-state index in [0.29, 0.717) is 17.9 Å². The van der Waals surface area contributed by atoms with Crippen LogP contribution in [0.15, 0.2) is 49.1 Å². The fourth-order valence-corrected chi connectivity index (χ4v) is 4.43. The Bertz CT molecular complexity index is 771. The van der Waals surface area contributed by atoms with E-state index in [1.54, 1.807) is 48.4 Å². The van der Waals surface area contributed by atoms with Crippen molar-refractivity contribution in [1.29, 1.82) is 0 Å². The van der Waals surface area contributed by atoms with E-state index in [1.807, 2.05) is 6.08 Å². The van der Waals surface area contributed by atoms with Gasteiger partial charge in [0.1, 0.15) is 17.3 Å². The second kappa shape index (κ2) is 5.46. The lowest BCUT2D eigenvalue weighted by atomic mass is 9.74. The maximum atomic E-state index is 13.2. The summed E-state index contributed by atoms with van der Waals surface area (Å²) in [6.45, 7) is 3.80. The molecule has 3 aliphatic heterocycles. The minimum atomic E-state index is -0.997. The molecule has 2 unspecified atom stereocenters. The molecule has 25 heavy (non-hydrogen) atoms. The van der Waals surface area contributed by atoms with E-state index in [0.717, 1.165) is 0 Å². The molecule has 1 N–H and O–H groups in total. The van der Waals surface area contributed by atoms with Crippen LogP contribution in [-0.4, -0.2) is 41.8 Å². The molecule has 1 aromatic carbocycles. The van der Waals surface area contributed by atoms with Crippen molar-refractivity contribution in [2.24, 2.45) is 11.8 Å². The summed E-state index contributed by atoms with van der Waals surface area (Å²) in [4.78, 5) is 26.6. The topological polar surface area (TPSA) is 76.1 Å². The highest BCUT2D eigenvalue weighted by Crippen LogP contribution is 2.56. The van der Waals surface area contributed by atoms with Gasteiger partial charge in [0.05, 0.1) is 25.2 Å². The van der Waals surface area contributed by atoms with E-state index >= 15 is 0 Å². The average molecular weight is 341 g/mol. The number of carbonyl (C=O) groups excluding carboxylic acids is 1. The number of ether oxygens (including phenoxy) is 2. The minimum absolute atomic E-state index is 0.212. The van der Waals surface area contributed by atoms with Gasteiger partial charge in [-0.2, -0.15) is 0 Å². The lowest BCUT2D eigenvalue weighted by molar-refractivity contribution is -0.146. The third-order valence-electron chi connectivity index (χ3n) is 5.45. The Kier molecular flexibility index (Phi) is 3.47. The van der Waals surface area contributed by atoms with Crippen LogP contribution in [0.2, 0.25) is 0 Å². The molecule has 2 bridgehead atoms. The summed E-state index contributed by atoms with van der Waals surface area (Å²) in [7, 11) is 1.58. The van der Waals surface area contributed by atoms with E-state index in [9.17, 15) is 14.7 Å². The second-order valence-corrected chi connectivity index (χ2v) is 6.58. The number of aliphatic carboxylic acids is 1. The molecular formula is C19H19NO5. The average Bonchev–Trinajstić information content (AvgIpc) is 3.24. The predicted octanol–water partition coefficient (Wildman–Crippen LogP) is 2.01. The number of amides is 1. The van der Waals surface area contributed by atoms with Crippen LogP contribution in [0.25, 0.3) is 0 Å². The van der Waals surface area contributed by atoms with Gasteiger partial charge in [0.25, 0.3) is 0 Å². The quantitative estimate of drug-likeness (QED) is 0.829. The summed E-state index contributed by atoms with van der Waals surface area (Å²) in [6, 6.07) is 6.85. The molecule has 6 heteroatoms. The summed E-state index contributed by atoms with van der Waals surface area (Å²) in [5, 5.41) is 9.62. The number of nitrogens with zero attached hydrogens (tertiary/aromatic N) is 1. The van der Waals surface area contributed by atoms with Crippen molar-refractivity contribution >= 4 is 17.6 Å². The predicted molar refractivity (Wildman–Crippen MR) is 90.4 cm³/mol. The molecule has 5 atom stereocenters. The number of hydrogen-bond donors (Lipinski definition) is 1. The SMILES string of the molecule is C=CCC1N(c2ccc(OC)cc2)C(=O)[C@@H]2C(C(=O)O)[C@H]3C=C[C@@]12O3. The van der Waals surface area contributed by atoms with Crippen LogP contribution < -0.4 is 9.64 Å². The standard InChI is InChI=1S/C19H19NO5/c1-3-4-14-19-10-9-13(25-19)15(18(22)23)16(19)17(21)20(14)11-5-7-12(24-2)8-6-11/h3,5-10,13-16H,1,4H2,2H3,(H,22,23)/t13-,14?,15?,16+,19-/m1/s1. The lowest BCUT2D eigenvalue weighted by Gasteiger charge is -2.32. The number of methoxy groups -OCH3 is 1. The molecule has 1 spiro atoms. The number of hydrogen-bond acceptors (Lipinski definition) is 4. The molecule has 6 nitrogen and oxygen atoms in total. The summed E-state index contributed by atoms with van der Waals surface area (Å²) >= 11 is 0. The van der Waals surface area contributed by atoms with Crippen LogP contribution >= 0.6 is 0 Å². The fourth-order valence-electron chi connectivity index (χ4n) is 4.43. The van der Waals surface area contributed by atoms with E-state index in [2.05, 4.69) is 6.58 Å². The van der Waals surface area contributed by atoms with Gasteiger partial charge < -0.3 is 19.5 Å². The van der Waals surface area contributed by atoms with Crippen LogP contribution in [0.1, 0.15) is 6.42 Å². The largest absolute Gasteiger partial charge is 0.497 e. The summed E-state index contributed by atoms with van der Waals surface area (Å²) in [5.74, 6) is -2.09. The highest BCUT2D eigenvalue weighted by molar-refractivity contribution is 6.03. The van der Waals surface area contributed by atoms with Gasteiger partial charge in [-0.3, -0.25) is 9.59 Å². The highest BCUT2D eigenvalue weighted by Gasteiger charge is 2.71. The first-order valence-corrected chi connectivity index (χ1v) is 8.21. The third-order valence-corrected chi connectivity index (χ3v) is 5.45. The first-order valence-electron chi connectivity index (χ1n) is 8.21. The van der Waals surface area contributed by atoms with Gasteiger partial charge in [0.2, 0.25) is 5.91 Å². The Morgan fingerprint density at radius 3 is 2.76 bits per heavy atom. The number of fused-ring (bicyclic) bond motifs is 1. The number of carboxylic acid groups (broad SMARTS) is 1. The molecule has 3 heterocycles. The lowest BCUT2D eigenvalue weighted by Crippen LogP contribution is -2.45. The number of carboxylic acids is 1. The monoisotopic (exact) mass is 341 g/mol. The van der Waals surface area contributed by atoms with E-state index in [1.165, 1.54) is 0 Å². The molecule has 0 aliphatic carbocycles. The highest BCUT2D eigenvalue weighted by atomic mass is 16.5. The molecular weight excluding hydrogens is 322 g/mol. The third kappa shape index (κ3) is 2.00. The van der Waals surface area contributed by atoms with Crippen molar-refractivity contribution in [3.63, 3.8) is 0 Å². The number of benzene rings is 1. The smallest absolute Gasteiger partial charge is 0.310 e. The molecule has 0 radical (unpaired) electrons. The molecule has 2 saturated heterocycles. The Hall–Kier alpha value is -2.60. The van der Waals surface area contributed by atoms with Crippen LogP contribution in [0.4, 0.5) is 5.69 Å². The van der Waals surface area contributed by atoms with Gasteiger partial charge >= 0.3 is 5.97 Å². The van der Waals surface area contributed by atoms with E-state index in [-0.39, 0.29) is 11.9 Å². The maximum absolute atomic E-state index is 13.2. The Morgan fingerprint density at radius 1 is 1.44 bits per heavy atom. The van der Waals surface area contributed by atoms with Gasteiger partial charge in [-0.05, 0) is 30.7 Å². The van der Waals surface area contributed by atoms with Crippen LogP contribution in [-0.2, 0) is 14.3 Å². The maximum Gasteiger partial charge on any atom is 0.310 e. The van der Waals surface area contributed by atoms with Crippen LogP contribution in [0.3, 0.4) is 0 Å². The molecule has 130 valence electrons. The number of anilines is 1. The molecule has 2 fully saturated rings. The fraction of sp³-hybridized carbons (Fsp3) is 0.368. The van der Waals surface area contributed by atoms with Crippen molar-refractivity contribution in [2.45, 2.75) is 24.2 Å². The molecule has 1 amide bonds. The number of carbonyl (C=O) groups is 2. The zero-order valence-corrected chi connectivity index (χ0v) is 13.8. The van der Waals surface area contributed by atoms with Crippen molar-refractivity contribution in [1.82, 2.24) is 0 Å². The van der Waals surface area contributed by atoms with Gasteiger partial charge in [-0.25, -0.2) is 0 Å². The zero-order chi connectivity index (χ0) is 17.8. The first kappa shape index (κ1) is 15.9. The summed E-state index contributed by atoms with van der Waals surface area (Å²) < 4.78 is 11.2. The zero-order valence-electron chi connectivity index (χ0n) is 13.8. The van der Waals surface area contributed by atoms with Crippen molar-refractivity contribution < 1.29 is 24.2 Å². The molecule has 0 saturated carbocycles. The van der Waals surface area contributed by atoms with Gasteiger partial charge in [-0.15, -0.1) is 6.58 Å². The Morgan fingerprint density at radius 2 is 2.16 bits per heavy atom.